The number of rotatable bonds is 6. The molecular formula is C15H21NO5. The van der Waals surface area contributed by atoms with Crippen LogP contribution in [0.15, 0.2) is 18.2 Å². The second-order valence-electron chi connectivity index (χ2n) is 4.91. The van der Waals surface area contributed by atoms with Crippen LogP contribution in [0.25, 0.3) is 0 Å². The minimum atomic E-state index is -1.14. The molecule has 0 unspecified atom stereocenters. The average Bonchev–Trinajstić information content (AvgIpc) is 2.46. The summed E-state index contributed by atoms with van der Waals surface area (Å²) in [6.07, 6.45) is 1.12. The lowest BCUT2D eigenvalue weighted by atomic mass is 9.95. The number of methoxy groups -OCH3 is 2. The summed E-state index contributed by atoms with van der Waals surface area (Å²) in [7, 11) is 2.73. The summed E-state index contributed by atoms with van der Waals surface area (Å²) in [6, 6.07) is 4.31. The standard InChI is InChI=1S/C15H21NO5/c1-5-8-15(2,14(19)21-4)16-13(18)11-9-10(20-3)6-7-12(11)17/h6-7,9,17H,5,8H2,1-4H3,(H,16,18)/t15-/m1/s1. The van der Waals surface area contributed by atoms with Crippen LogP contribution in [0.4, 0.5) is 0 Å². The van der Waals surface area contributed by atoms with Gasteiger partial charge in [0.2, 0.25) is 0 Å². The third-order valence-corrected chi connectivity index (χ3v) is 3.22. The van der Waals surface area contributed by atoms with Crippen molar-refractivity contribution in [3.63, 3.8) is 0 Å². The van der Waals surface area contributed by atoms with Crippen LogP contribution in [0.3, 0.4) is 0 Å². The Morgan fingerprint density at radius 2 is 2.00 bits per heavy atom. The summed E-state index contributed by atoms with van der Waals surface area (Å²) in [4.78, 5) is 24.2. The van der Waals surface area contributed by atoms with Gasteiger partial charge in [0.25, 0.3) is 5.91 Å². The Kier molecular flexibility index (Phi) is 5.58. The maximum Gasteiger partial charge on any atom is 0.331 e. The van der Waals surface area contributed by atoms with Crippen molar-refractivity contribution in [2.24, 2.45) is 0 Å². The van der Waals surface area contributed by atoms with Crippen LogP contribution in [0, 0.1) is 0 Å². The van der Waals surface area contributed by atoms with Gasteiger partial charge in [0.15, 0.2) is 0 Å². The summed E-state index contributed by atoms with van der Waals surface area (Å²) in [5.41, 5.74) is -1.10. The molecule has 6 heteroatoms. The molecule has 0 heterocycles. The monoisotopic (exact) mass is 295 g/mol. The van der Waals surface area contributed by atoms with E-state index in [-0.39, 0.29) is 11.3 Å². The highest BCUT2D eigenvalue weighted by Gasteiger charge is 2.35. The van der Waals surface area contributed by atoms with Crippen LogP contribution in [-0.4, -0.2) is 36.7 Å². The van der Waals surface area contributed by atoms with Gasteiger partial charge in [-0.2, -0.15) is 0 Å². The van der Waals surface area contributed by atoms with Gasteiger partial charge < -0.3 is 19.9 Å². The molecule has 1 amide bonds. The van der Waals surface area contributed by atoms with Crippen molar-refractivity contribution < 1.29 is 24.2 Å². The Labute approximate surface area is 124 Å². The molecule has 0 aliphatic carbocycles. The van der Waals surface area contributed by atoms with Crippen LogP contribution >= 0.6 is 0 Å². The lowest BCUT2D eigenvalue weighted by molar-refractivity contribution is -0.147. The number of ether oxygens (including phenoxy) is 2. The quantitative estimate of drug-likeness (QED) is 0.782. The maximum absolute atomic E-state index is 12.3. The summed E-state index contributed by atoms with van der Waals surface area (Å²) in [6.45, 7) is 3.49. The van der Waals surface area contributed by atoms with E-state index >= 15 is 0 Å². The summed E-state index contributed by atoms with van der Waals surface area (Å²) in [5.74, 6) is -0.835. The van der Waals surface area contributed by atoms with Gasteiger partial charge in [0.1, 0.15) is 17.0 Å². The maximum atomic E-state index is 12.3. The highest BCUT2D eigenvalue weighted by atomic mass is 16.5. The molecule has 6 nitrogen and oxygen atoms in total. The van der Waals surface area contributed by atoms with Gasteiger partial charge in [-0.15, -0.1) is 0 Å². The number of phenolic OH excluding ortho intramolecular Hbond substituents is 1. The number of benzene rings is 1. The molecule has 1 aromatic carbocycles. The van der Waals surface area contributed by atoms with Gasteiger partial charge in [-0.05, 0) is 31.5 Å². The Morgan fingerprint density at radius 1 is 1.33 bits per heavy atom. The second kappa shape index (κ2) is 6.97. The molecule has 116 valence electrons. The third-order valence-electron chi connectivity index (χ3n) is 3.22. The number of hydrogen-bond acceptors (Lipinski definition) is 5. The molecule has 0 radical (unpaired) electrons. The number of phenols is 1. The molecule has 1 atom stereocenters. The van der Waals surface area contributed by atoms with Crippen molar-refractivity contribution in [2.45, 2.75) is 32.2 Å². The highest BCUT2D eigenvalue weighted by molar-refractivity contribution is 6.00. The van der Waals surface area contributed by atoms with Gasteiger partial charge >= 0.3 is 5.97 Å². The van der Waals surface area contributed by atoms with Crippen molar-refractivity contribution in [3.8, 4) is 11.5 Å². The highest BCUT2D eigenvalue weighted by Crippen LogP contribution is 2.24. The minimum Gasteiger partial charge on any atom is -0.507 e. The first kappa shape index (κ1) is 16.8. The molecule has 21 heavy (non-hydrogen) atoms. The van der Waals surface area contributed by atoms with Gasteiger partial charge in [0.05, 0.1) is 19.8 Å². The van der Waals surface area contributed by atoms with Crippen molar-refractivity contribution in [2.75, 3.05) is 14.2 Å². The molecule has 1 rings (SSSR count). The van der Waals surface area contributed by atoms with Crippen LogP contribution in [-0.2, 0) is 9.53 Å². The van der Waals surface area contributed by atoms with Gasteiger partial charge in [-0.25, -0.2) is 4.79 Å². The predicted octanol–water partition coefficient (Wildman–Crippen LogP) is 1.86. The second-order valence-corrected chi connectivity index (χ2v) is 4.91. The van der Waals surface area contributed by atoms with Crippen LogP contribution in [0.2, 0.25) is 0 Å². The van der Waals surface area contributed by atoms with Crippen LogP contribution in [0.5, 0.6) is 11.5 Å². The number of aromatic hydroxyl groups is 1. The van der Waals surface area contributed by atoms with Crippen molar-refractivity contribution in [1.29, 1.82) is 0 Å². The Bertz CT molecular complexity index is 529. The lowest BCUT2D eigenvalue weighted by Gasteiger charge is -2.27. The Hall–Kier alpha value is -2.24. The molecule has 0 aromatic heterocycles. The first-order chi connectivity index (χ1) is 9.87. The van der Waals surface area contributed by atoms with E-state index < -0.39 is 17.4 Å². The zero-order valence-electron chi connectivity index (χ0n) is 12.7. The number of carbonyl (C=O) groups excluding carboxylic acids is 2. The van der Waals surface area contributed by atoms with E-state index in [0.717, 1.165) is 0 Å². The molecule has 0 aliphatic heterocycles. The summed E-state index contributed by atoms with van der Waals surface area (Å²) >= 11 is 0. The van der Waals surface area contributed by atoms with Crippen molar-refractivity contribution in [1.82, 2.24) is 5.32 Å². The number of esters is 1. The van der Waals surface area contributed by atoms with Gasteiger partial charge in [-0.1, -0.05) is 13.3 Å². The number of hydrogen-bond donors (Lipinski definition) is 2. The third kappa shape index (κ3) is 3.87. The first-order valence-electron chi connectivity index (χ1n) is 6.66. The van der Waals surface area contributed by atoms with Crippen molar-refractivity contribution in [3.05, 3.63) is 23.8 Å². The summed E-state index contributed by atoms with van der Waals surface area (Å²) in [5, 5.41) is 12.4. The summed E-state index contributed by atoms with van der Waals surface area (Å²) < 4.78 is 9.76. The van der Waals surface area contributed by atoms with Gasteiger partial charge in [-0.3, -0.25) is 4.79 Å². The zero-order valence-corrected chi connectivity index (χ0v) is 12.7. The zero-order chi connectivity index (χ0) is 16.0. The van der Waals surface area contributed by atoms with E-state index in [1.807, 2.05) is 6.92 Å². The van der Waals surface area contributed by atoms with Crippen LogP contribution < -0.4 is 10.1 Å². The predicted molar refractivity (Wildman–Crippen MR) is 77.5 cm³/mol. The SMILES string of the molecule is CCC[C@@](C)(NC(=O)c1cc(OC)ccc1O)C(=O)OC. The smallest absolute Gasteiger partial charge is 0.331 e. The van der Waals surface area contributed by atoms with E-state index in [2.05, 4.69) is 5.32 Å². The fourth-order valence-corrected chi connectivity index (χ4v) is 2.08. The Morgan fingerprint density at radius 3 is 2.52 bits per heavy atom. The molecule has 0 fully saturated rings. The van der Waals surface area contributed by atoms with E-state index in [0.29, 0.717) is 18.6 Å². The topological polar surface area (TPSA) is 84.9 Å². The Balaban J connectivity index is 3.05. The van der Waals surface area contributed by atoms with E-state index in [1.54, 1.807) is 6.92 Å². The molecule has 0 saturated heterocycles. The molecule has 0 saturated carbocycles. The lowest BCUT2D eigenvalue weighted by Crippen LogP contribution is -2.52. The number of carbonyl (C=O) groups is 2. The van der Waals surface area contributed by atoms with Crippen LogP contribution in [0.1, 0.15) is 37.0 Å². The fraction of sp³-hybridized carbons (Fsp3) is 0.467. The van der Waals surface area contributed by atoms with E-state index in [4.69, 9.17) is 9.47 Å². The minimum absolute atomic E-state index is 0.0422. The van der Waals surface area contributed by atoms with E-state index in [9.17, 15) is 14.7 Å². The number of nitrogens with one attached hydrogen (secondary N) is 1. The molecule has 1 aromatic rings. The van der Waals surface area contributed by atoms with E-state index in [1.165, 1.54) is 32.4 Å². The molecule has 0 bridgehead atoms. The largest absolute Gasteiger partial charge is 0.507 e. The normalized spacial score (nSPS) is 13.1. The first-order valence-corrected chi connectivity index (χ1v) is 6.66. The number of amides is 1. The van der Waals surface area contributed by atoms with Gasteiger partial charge in [0, 0.05) is 0 Å². The molecular weight excluding hydrogens is 274 g/mol. The average molecular weight is 295 g/mol. The fourth-order valence-electron chi connectivity index (χ4n) is 2.08. The molecule has 2 N–H and O–H groups in total. The van der Waals surface area contributed by atoms with Crippen molar-refractivity contribution >= 4 is 11.9 Å². The molecule has 0 aliphatic rings. The molecule has 0 spiro atoms.